The third-order valence-corrected chi connectivity index (χ3v) is 4.48. The van der Waals surface area contributed by atoms with Gasteiger partial charge in [0, 0.05) is 18.7 Å². The molecular weight excluding hydrogens is 302 g/mol. The number of carbonyl (C=O) groups excluding carboxylic acids is 2. The summed E-state index contributed by atoms with van der Waals surface area (Å²) in [7, 11) is 0. The third kappa shape index (κ3) is 5.96. The molecule has 2 rings (SSSR count). The first-order valence-electron chi connectivity index (χ1n) is 8.92. The molecule has 1 saturated heterocycles. The van der Waals surface area contributed by atoms with Crippen LogP contribution in [0.3, 0.4) is 0 Å². The van der Waals surface area contributed by atoms with Crippen molar-refractivity contribution >= 4 is 11.8 Å². The van der Waals surface area contributed by atoms with Crippen molar-refractivity contribution in [3.63, 3.8) is 0 Å². The predicted molar refractivity (Wildman–Crippen MR) is 96.0 cm³/mol. The van der Waals surface area contributed by atoms with Gasteiger partial charge in [0.25, 0.3) is 5.91 Å². The van der Waals surface area contributed by atoms with Crippen molar-refractivity contribution < 1.29 is 9.59 Å². The molecule has 1 heterocycles. The molecule has 0 radical (unpaired) electrons. The zero-order chi connectivity index (χ0) is 17.4. The average Bonchev–Trinajstić information content (AvgIpc) is 2.59. The van der Waals surface area contributed by atoms with E-state index in [1.165, 1.54) is 0 Å². The Bertz CT molecular complexity index is 551. The zero-order valence-electron chi connectivity index (χ0n) is 14.8. The summed E-state index contributed by atoms with van der Waals surface area (Å²) in [6, 6.07) is 7.65. The summed E-state index contributed by atoms with van der Waals surface area (Å²) >= 11 is 0. The lowest BCUT2D eigenvalue weighted by atomic mass is 9.96. The van der Waals surface area contributed by atoms with E-state index in [2.05, 4.69) is 22.5 Å². The molecule has 1 aliphatic rings. The molecule has 24 heavy (non-hydrogen) atoms. The molecule has 1 aliphatic heterocycles. The van der Waals surface area contributed by atoms with E-state index in [4.69, 9.17) is 0 Å². The Morgan fingerprint density at radius 3 is 2.62 bits per heavy atom. The molecule has 2 N–H and O–H groups in total. The van der Waals surface area contributed by atoms with Crippen LogP contribution >= 0.6 is 0 Å². The number of piperidine rings is 1. The smallest absolute Gasteiger partial charge is 0.251 e. The zero-order valence-corrected chi connectivity index (χ0v) is 14.8. The minimum Gasteiger partial charge on any atom is -0.355 e. The van der Waals surface area contributed by atoms with E-state index in [-0.39, 0.29) is 11.8 Å². The van der Waals surface area contributed by atoms with Gasteiger partial charge in [-0.2, -0.15) is 0 Å². The minimum atomic E-state index is 0.0000676. The van der Waals surface area contributed by atoms with Crippen LogP contribution in [-0.2, 0) is 4.79 Å². The van der Waals surface area contributed by atoms with E-state index in [0.717, 1.165) is 50.0 Å². The second-order valence-corrected chi connectivity index (χ2v) is 6.65. The van der Waals surface area contributed by atoms with E-state index in [0.29, 0.717) is 19.0 Å². The second kappa shape index (κ2) is 9.42. The molecule has 1 aromatic rings. The van der Waals surface area contributed by atoms with Gasteiger partial charge in [0.2, 0.25) is 5.91 Å². The fraction of sp³-hybridized carbons (Fsp3) is 0.579. The van der Waals surface area contributed by atoms with Crippen LogP contribution in [0.2, 0.25) is 0 Å². The Labute approximate surface area is 144 Å². The van der Waals surface area contributed by atoms with Crippen LogP contribution in [0.25, 0.3) is 0 Å². The maximum atomic E-state index is 12.2. The highest BCUT2D eigenvalue weighted by atomic mass is 16.2. The number of likely N-dealkylation sites (tertiary alicyclic amines) is 1. The van der Waals surface area contributed by atoms with Crippen molar-refractivity contribution in [2.24, 2.45) is 5.92 Å². The van der Waals surface area contributed by atoms with E-state index < -0.39 is 0 Å². The first-order chi connectivity index (χ1) is 11.6. The van der Waals surface area contributed by atoms with Crippen molar-refractivity contribution in [2.45, 2.75) is 33.1 Å². The van der Waals surface area contributed by atoms with E-state index >= 15 is 0 Å². The van der Waals surface area contributed by atoms with Crippen LogP contribution in [0.1, 0.15) is 42.1 Å². The highest BCUT2D eigenvalue weighted by Gasteiger charge is 2.21. The van der Waals surface area contributed by atoms with Gasteiger partial charge in [0.05, 0.1) is 6.54 Å². The Balaban J connectivity index is 1.68. The minimum absolute atomic E-state index is 0.0000676. The number of hydrogen-bond donors (Lipinski definition) is 2. The van der Waals surface area contributed by atoms with Gasteiger partial charge < -0.3 is 10.6 Å². The standard InChI is InChI=1S/C19H29N3O2/c1-3-9-20-18(23)14-22-10-7-16(8-11-22)13-21-19(24)17-6-4-5-15(2)12-17/h4-6,12,16H,3,7-11,13-14H2,1-2H3,(H,20,23)(H,21,24). The van der Waals surface area contributed by atoms with Gasteiger partial charge in [-0.05, 0) is 57.3 Å². The summed E-state index contributed by atoms with van der Waals surface area (Å²) in [5.74, 6) is 0.608. The van der Waals surface area contributed by atoms with Gasteiger partial charge >= 0.3 is 0 Å². The largest absolute Gasteiger partial charge is 0.355 e. The van der Waals surface area contributed by atoms with Gasteiger partial charge in [-0.1, -0.05) is 24.6 Å². The van der Waals surface area contributed by atoms with Crippen molar-refractivity contribution in [1.82, 2.24) is 15.5 Å². The number of nitrogens with zero attached hydrogens (tertiary/aromatic N) is 1. The fourth-order valence-corrected chi connectivity index (χ4v) is 3.00. The number of benzene rings is 1. The van der Waals surface area contributed by atoms with Gasteiger partial charge in [-0.15, -0.1) is 0 Å². The van der Waals surface area contributed by atoms with Crippen LogP contribution in [0, 0.1) is 12.8 Å². The summed E-state index contributed by atoms with van der Waals surface area (Å²) < 4.78 is 0. The van der Waals surface area contributed by atoms with Crippen LogP contribution in [0.4, 0.5) is 0 Å². The second-order valence-electron chi connectivity index (χ2n) is 6.65. The highest BCUT2D eigenvalue weighted by molar-refractivity contribution is 5.94. The Hall–Kier alpha value is -1.88. The molecule has 5 nitrogen and oxygen atoms in total. The summed E-state index contributed by atoms with van der Waals surface area (Å²) in [6.07, 6.45) is 3.01. The van der Waals surface area contributed by atoms with Crippen LogP contribution < -0.4 is 10.6 Å². The van der Waals surface area contributed by atoms with Gasteiger partial charge in [0.15, 0.2) is 0 Å². The van der Waals surface area contributed by atoms with Gasteiger partial charge in [0.1, 0.15) is 0 Å². The summed E-state index contributed by atoms with van der Waals surface area (Å²) in [5, 5.41) is 5.96. The number of rotatable bonds is 7. The SMILES string of the molecule is CCCNC(=O)CN1CCC(CNC(=O)c2cccc(C)c2)CC1. The van der Waals surface area contributed by atoms with Crippen molar-refractivity contribution in [3.05, 3.63) is 35.4 Å². The van der Waals surface area contributed by atoms with E-state index in [1.54, 1.807) is 0 Å². The average molecular weight is 331 g/mol. The predicted octanol–water partition coefficient (Wildman–Crippen LogP) is 1.96. The van der Waals surface area contributed by atoms with Crippen molar-refractivity contribution in [3.8, 4) is 0 Å². The van der Waals surface area contributed by atoms with Crippen molar-refractivity contribution in [2.75, 3.05) is 32.7 Å². The monoisotopic (exact) mass is 331 g/mol. The van der Waals surface area contributed by atoms with Crippen LogP contribution in [0.15, 0.2) is 24.3 Å². The Morgan fingerprint density at radius 1 is 1.21 bits per heavy atom. The molecule has 0 aliphatic carbocycles. The molecule has 5 heteroatoms. The number of carbonyl (C=O) groups is 2. The molecule has 0 unspecified atom stereocenters. The maximum Gasteiger partial charge on any atom is 0.251 e. The summed E-state index contributed by atoms with van der Waals surface area (Å²) in [5.41, 5.74) is 1.82. The summed E-state index contributed by atoms with van der Waals surface area (Å²) in [6.45, 7) is 7.83. The quantitative estimate of drug-likeness (QED) is 0.803. The number of aryl methyl sites for hydroxylation is 1. The molecule has 0 bridgehead atoms. The molecule has 0 aromatic heterocycles. The lowest BCUT2D eigenvalue weighted by Crippen LogP contribution is -2.43. The molecule has 0 saturated carbocycles. The van der Waals surface area contributed by atoms with Gasteiger partial charge in [-0.25, -0.2) is 0 Å². The normalized spacial score (nSPS) is 15.9. The first-order valence-corrected chi connectivity index (χ1v) is 8.92. The Morgan fingerprint density at radius 2 is 1.96 bits per heavy atom. The molecule has 0 spiro atoms. The molecule has 1 aromatic carbocycles. The lowest BCUT2D eigenvalue weighted by Gasteiger charge is -2.31. The molecular formula is C19H29N3O2. The van der Waals surface area contributed by atoms with Crippen LogP contribution in [-0.4, -0.2) is 49.4 Å². The Kier molecular flexibility index (Phi) is 7.25. The van der Waals surface area contributed by atoms with Crippen molar-refractivity contribution in [1.29, 1.82) is 0 Å². The number of hydrogen-bond acceptors (Lipinski definition) is 3. The highest BCUT2D eigenvalue weighted by Crippen LogP contribution is 2.16. The van der Waals surface area contributed by atoms with Crippen LogP contribution in [0.5, 0.6) is 0 Å². The molecule has 1 fully saturated rings. The number of nitrogens with one attached hydrogen (secondary N) is 2. The van der Waals surface area contributed by atoms with E-state index in [1.807, 2.05) is 31.2 Å². The first kappa shape index (κ1) is 18.5. The number of amides is 2. The molecule has 2 amide bonds. The van der Waals surface area contributed by atoms with Gasteiger partial charge in [-0.3, -0.25) is 14.5 Å². The molecule has 0 atom stereocenters. The summed E-state index contributed by atoms with van der Waals surface area (Å²) in [4.78, 5) is 26.1. The molecule has 132 valence electrons. The maximum absolute atomic E-state index is 12.2. The topological polar surface area (TPSA) is 61.4 Å². The third-order valence-electron chi connectivity index (χ3n) is 4.48. The fourth-order valence-electron chi connectivity index (χ4n) is 3.00. The van der Waals surface area contributed by atoms with E-state index in [9.17, 15) is 9.59 Å². The lowest BCUT2D eigenvalue weighted by molar-refractivity contribution is -0.122.